The van der Waals surface area contributed by atoms with Crippen LogP contribution < -0.4 is 42.6 Å². The molecule has 0 fully saturated rings. The number of Topliss-reactive ketones (excluding diaryl/α,β-unsaturated/α-hetero) is 3. The summed E-state index contributed by atoms with van der Waals surface area (Å²) in [7, 11) is 0. The fraction of sp³-hybridized carbons (Fsp3) is 0.452. The first-order chi connectivity index (χ1) is 40.8. The zero-order valence-electron chi connectivity index (χ0n) is 56.6. The third-order valence-electron chi connectivity index (χ3n) is 12.7. The number of rotatable bonds is 27. The van der Waals surface area contributed by atoms with Gasteiger partial charge in [0.2, 0.25) is 17.2 Å². The van der Waals surface area contributed by atoms with E-state index in [4.69, 9.17) is 42.6 Å². The number of hydrogen-bond acceptors (Lipinski definition) is 15. The summed E-state index contributed by atoms with van der Waals surface area (Å²) >= 11 is 0. The smallest absolute Gasteiger partial charge is 0.204 e. The first-order valence-electron chi connectivity index (χ1n) is 30.3. The Morgan fingerprint density at radius 2 is 0.551 bits per heavy atom. The maximum absolute atomic E-state index is 13.3. The van der Waals surface area contributed by atoms with Crippen LogP contribution in [-0.2, 0) is 32.7 Å². The number of hydrogen-bond donors (Lipinski definition) is 3. The molecule has 3 unspecified atom stereocenters. The minimum Gasteiger partial charge on any atom is -0.504 e. The van der Waals surface area contributed by atoms with E-state index in [1.54, 1.807) is 30.3 Å². The fourth-order valence-corrected chi connectivity index (χ4v) is 8.82. The number of ether oxygens (including phenoxy) is 9. The van der Waals surface area contributed by atoms with E-state index >= 15 is 0 Å². The van der Waals surface area contributed by atoms with E-state index in [0.29, 0.717) is 22.6 Å². The number of benzene rings is 6. The van der Waals surface area contributed by atoms with Crippen LogP contribution in [-0.4, -0.2) is 87.6 Å². The minimum absolute atomic E-state index is 0. The van der Waals surface area contributed by atoms with Crippen LogP contribution in [0.1, 0.15) is 211 Å². The van der Waals surface area contributed by atoms with Gasteiger partial charge in [0, 0.05) is 50.5 Å². The molecule has 0 saturated heterocycles. The number of ketones is 3. The zero-order chi connectivity index (χ0) is 65.1. The van der Waals surface area contributed by atoms with E-state index in [1.165, 1.54) is 6.07 Å². The molecule has 0 bridgehead atoms. The second-order valence-corrected chi connectivity index (χ2v) is 23.8. The first-order valence-corrected chi connectivity index (χ1v) is 30.3. The molecule has 3 N–H and O–H groups in total. The van der Waals surface area contributed by atoms with Crippen LogP contribution in [0.2, 0.25) is 0 Å². The van der Waals surface area contributed by atoms with E-state index in [-0.39, 0.29) is 158 Å². The Bertz CT molecular complexity index is 3140. The molecular weight excluding hydrogens is 1210 g/mol. The molecule has 6 aromatic carbocycles. The molecule has 16 heteroatoms. The monoisotopic (exact) mass is 1300 g/mol. The Hall–Kier alpha value is -6.97. The van der Waals surface area contributed by atoms with Crippen molar-refractivity contribution in [2.45, 2.75) is 218 Å². The number of phenolic OH excluding ortho intramolecular Hbond substituents is 3. The van der Waals surface area contributed by atoms with Crippen molar-refractivity contribution in [2.75, 3.05) is 0 Å². The van der Waals surface area contributed by atoms with Crippen LogP contribution in [0.5, 0.6) is 69.0 Å². The van der Waals surface area contributed by atoms with Crippen molar-refractivity contribution in [1.29, 1.82) is 0 Å². The summed E-state index contributed by atoms with van der Waals surface area (Å²) in [6.07, 6.45) is -0.667. The van der Waals surface area contributed by atoms with Crippen molar-refractivity contribution in [3.05, 3.63) is 150 Å². The molecule has 0 aliphatic heterocycles. The van der Waals surface area contributed by atoms with Gasteiger partial charge in [0.25, 0.3) is 0 Å². The minimum atomic E-state index is -0.433. The molecule has 485 valence electrons. The topological polar surface area (TPSA) is 195 Å². The van der Waals surface area contributed by atoms with Crippen molar-refractivity contribution in [2.24, 2.45) is 0 Å². The Morgan fingerprint density at radius 1 is 0.281 bits per heavy atom. The zero-order valence-corrected chi connectivity index (χ0v) is 59.5. The molecule has 3 atom stereocenters. The molecular formula is C73H99O15Y-. The van der Waals surface area contributed by atoms with E-state index in [9.17, 15) is 29.7 Å². The van der Waals surface area contributed by atoms with Gasteiger partial charge in [-0.15, -0.1) is 0 Å². The molecule has 0 amide bonds. The van der Waals surface area contributed by atoms with Crippen LogP contribution in [0.3, 0.4) is 0 Å². The number of carbonyl (C=O) groups excluding carboxylic acids is 3. The van der Waals surface area contributed by atoms with Gasteiger partial charge in [0.1, 0.15) is 17.2 Å². The average molecular weight is 1310 g/mol. The van der Waals surface area contributed by atoms with Gasteiger partial charge in [-0.05, 0) is 214 Å². The molecule has 0 aromatic heterocycles. The largest absolute Gasteiger partial charge is 0.504 e. The van der Waals surface area contributed by atoms with Crippen LogP contribution in [0.25, 0.3) is 0 Å². The van der Waals surface area contributed by atoms with Crippen molar-refractivity contribution in [3.8, 4) is 69.0 Å². The summed E-state index contributed by atoms with van der Waals surface area (Å²) in [5, 5.41) is 31.8. The molecule has 15 nitrogen and oxygen atoms in total. The third kappa shape index (κ3) is 23.7. The Labute approximate surface area is 556 Å². The predicted octanol–water partition coefficient (Wildman–Crippen LogP) is 17.7. The molecule has 89 heavy (non-hydrogen) atoms. The standard InChI is InChI=1S/3C24H32O5.CH3.Y/c1-14(2)27-19-10-8-18(9-11-19)17(7)22(25)20-12-13-21(28-15(3)4)23(26)24(20)29-16(5)6;1-14(2)27-19-10-8-18(9-11-19)17(7)22(25)20-12-13-21(28-15(3)4)24(23(20)26)29-16(5)6;1-14(2)27-19-10-8-18(9-11-19)17(7)22(26)20-12-13-21(25)24(29-16(5)6)23(20)28-15(3)4;;/h2*8-17,26H,1-7H3;8-17,25H,1-7H3;1H3;/q;;;-1;. The van der Waals surface area contributed by atoms with Crippen LogP contribution >= 0.6 is 0 Å². The maximum Gasteiger partial charge on any atom is 0.204 e. The van der Waals surface area contributed by atoms with Gasteiger partial charge < -0.3 is 65.4 Å². The van der Waals surface area contributed by atoms with E-state index < -0.39 is 17.8 Å². The van der Waals surface area contributed by atoms with Crippen LogP contribution in [0.15, 0.2) is 109 Å². The van der Waals surface area contributed by atoms with Crippen LogP contribution in [0.4, 0.5) is 0 Å². The quantitative estimate of drug-likeness (QED) is 0.0325. The SMILES string of the molecule is CC(C)Oc1ccc(C(C)C(=O)c2ccc(O)c(OC(C)C)c2OC(C)C)cc1.CC(C)Oc1ccc(C(C)C(=O)c2ccc(OC(C)C)c(O)c2OC(C)C)cc1.CC(C)Oc1ccc(C(C)C(=O)c2ccc(OC(C)C)c(OC(C)C)c2O)cc1.[CH3-].[Y]. The number of phenols is 3. The molecule has 0 saturated carbocycles. The normalized spacial score (nSPS) is 12.1. The Morgan fingerprint density at radius 3 is 0.910 bits per heavy atom. The molecule has 0 aliphatic rings. The van der Waals surface area contributed by atoms with Crippen molar-refractivity contribution in [1.82, 2.24) is 0 Å². The van der Waals surface area contributed by atoms with Crippen molar-refractivity contribution in [3.63, 3.8) is 0 Å². The number of carbonyl (C=O) groups is 3. The summed E-state index contributed by atoms with van der Waals surface area (Å²) < 4.78 is 51.6. The van der Waals surface area contributed by atoms with E-state index in [0.717, 1.165) is 33.9 Å². The second kappa shape index (κ2) is 36.6. The molecule has 0 spiro atoms. The summed E-state index contributed by atoms with van der Waals surface area (Å²) in [5.41, 5.74) is 3.53. The average Bonchev–Trinajstić information content (AvgIpc) is 0.945. The molecule has 6 rings (SSSR count). The van der Waals surface area contributed by atoms with E-state index in [2.05, 4.69) is 0 Å². The van der Waals surface area contributed by atoms with Gasteiger partial charge in [-0.25, -0.2) is 0 Å². The third-order valence-corrected chi connectivity index (χ3v) is 12.7. The molecule has 0 heterocycles. The van der Waals surface area contributed by atoms with Gasteiger partial charge in [0.05, 0.1) is 71.6 Å². The maximum atomic E-state index is 13.3. The fourth-order valence-electron chi connectivity index (χ4n) is 8.82. The first kappa shape index (κ1) is 78.1. The van der Waals surface area contributed by atoms with Gasteiger partial charge >= 0.3 is 0 Å². The predicted molar refractivity (Wildman–Crippen MR) is 350 cm³/mol. The van der Waals surface area contributed by atoms with Gasteiger partial charge in [-0.2, -0.15) is 0 Å². The van der Waals surface area contributed by atoms with Gasteiger partial charge in [-0.3, -0.25) is 14.4 Å². The molecule has 1 radical (unpaired) electrons. The summed E-state index contributed by atoms with van der Waals surface area (Å²) in [6, 6.07) is 32.1. The second-order valence-electron chi connectivity index (χ2n) is 23.8. The van der Waals surface area contributed by atoms with Crippen molar-refractivity contribution >= 4 is 17.3 Å². The van der Waals surface area contributed by atoms with Gasteiger partial charge in [-0.1, -0.05) is 57.2 Å². The Balaban J connectivity index is 0.000000450. The van der Waals surface area contributed by atoms with Gasteiger partial charge in [0.15, 0.2) is 51.8 Å². The summed E-state index contributed by atoms with van der Waals surface area (Å²) in [6.45, 7) is 39.7. The Kier molecular flexibility index (Phi) is 32.2. The summed E-state index contributed by atoms with van der Waals surface area (Å²) in [5.74, 6) is 1.81. The van der Waals surface area contributed by atoms with E-state index in [1.807, 2.05) is 218 Å². The number of aromatic hydroxyl groups is 3. The van der Waals surface area contributed by atoms with Crippen LogP contribution in [0, 0.1) is 7.43 Å². The molecule has 0 aliphatic carbocycles. The van der Waals surface area contributed by atoms with Crippen molar-refractivity contribution < 1.29 is 105 Å². The molecule has 6 aromatic rings. The summed E-state index contributed by atoms with van der Waals surface area (Å²) in [4.78, 5) is 39.7.